The van der Waals surface area contributed by atoms with Crippen LogP contribution in [0.3, 0.4) is 0 Å². The molecule has 0 aliphatic heterocycles. The lowest BCUT2D eigenvalue weighted by molar-refractivity contribution is 0.0800. The molecule has 100 valence electrons. The van der Waals surface area contributed by atoms with E-state index in [2.05, 4.69) is 0 Å². The minimum absolute atomic E-state index is 0.126. The second kappa shape index (κ2) is 5.60. The number of nitrogen functional groups attached to an aromatic ring is 1. The monoisotopic (exact) mass is 284 g/mol. The highest BCUT2D eigenvalue weighted by Crippen LogP contribution is 2.34. The van der Waals surface area contributed by atoms with E-state index in [9.17, 15) is 4.79 Å². The summed E-state index contributed by atoms with van der Waals surface area (Å²) in [5, 5.41) is 18.3. The summed E-state index contributed by atoms with van der Waals surface area (Å²) in [6, 6.07) is 9.57. The molecule has 0 bridgehead atoms. The number of nitrogens with two attached hydrogens (primary N) is 1. The average Bonchev–Trinajstić information content (AvgIpc) is 2.75. The maximum atomic E-state index is 12.4. The van der Waals surface area contributed by atoms with Crippen molar-refractivity contribution in [2.45, 2.75) is 6.92 Å². The minimum atomic E-state index is -0.371. The lowest BCUT2D eigenvalue weighted by atomic mass is 10.1. The van der Waals surface area contributed by atoms with Gasteiger partial charge in [0.25, 0.3) is 5.91 Å². The van der Waals surface area contributed by atoms with Crippen molar-refractivity contribution in [3.8, 4) is 12.1 Å². The van der Waals surface area contributed by atoms with E-state index in [1.165, 1.54) is 16.2 Å². The molecule has 0 unspecified atom stereocenters. The van der Waals surface area contributed by atoms with Gasteiger partial charge in [-0.3, -0.25) is 4.79 Å². The SMILES string of the molecule is Cc1ccc2sc(C(=O)N(CC#N)CC#N)c(N)c2c1. The van der Waals surface area contributed by atoms with Crippen LogP contribution in [0.1, 0.15) is 15.2 Å². The summed E-state index contributed by atoms with van der Waals surface area (Å²) in [4.78, 5) is 13.9. The predicted molar refractivity (Wildman–Crippen MR) is 78.1 cm³/mol. The fourth-order valence-corrected chi connectivity index (χ4v) is 2.97. The van der Waals surface area contributed by atoms with Crippen molar-refractivity contribution in [2.75, 3.05) is 18.8 Å². The zero-order chi connectivity index (χ0) is 14.7. The van der Waals surface area contributed by atoms with Gasteiger partial charge in [0.05, 0.1) is 17.8 Å². The molecule has 0 saturated heterocycles. The van der Waals surface area contributed by atoms with Gasteiger partial charge < -0.3 is 10.6 Å². The Hall–Kier alpha value is -2.57. The molecule has 1 aromatic carbocycles. The van der Waals surface area contributed by atoms with Gasteiger partial charge in [0.1, 0.15) is 18.0 Å². The van der Waals surface area contributed by atoms with Crippen LogP contribution in [0.5, 0.6) is 0 Å². The number of nitrogens with zero attached hydrogens (tertiary/aromatic N) is 3. The largest absolute Gasteiger partial charge is 0.397 e. The van der Waals surface area contributed by atoms with Gasteiger partial charge in [-0.2, -0.15) is 10.5 Å². The average molecular weight is 284 g/mol. The Bertz CT molecular complexity index is 735. The van der Waals surface area contributed by atoms with Gasteiger partial charge >= 0.3 is 0 Å². The number of aryl methyl sites for hydroxylation is 1. The summed E-state index contributed by atoms with van der Waals surface area (Å²) in [6.45, 7) is 1.70. The van der Waals surface area contributed by atoms with Crippen LogP contribution in [0.15, 0.2) is 18.2 Å². The van der Waals surface area contributed by atoms with E-state index in [-0.39, 0.29) is 19.0 Å². The number of nitriles is 2. The quantitative estimate of drug-likeness (QED) is 0.875. The third-order valence-electron chi connectivity index (χ3n) is 2.89. The Labute approximate surface area is 120 Å². The number of amides is 1. The molecule has 20 heavy (non-hydrogen) atoms. The Balaban J connectivity index is 2.47. The third kappa shape index (κ3) is 2.42. The zero-order valence-corrected chi connectivity index (χ0v) is 11.7. The van der Waals surface area contributed by atoms with Crippen LogP contribution in [0.25, 0.3) is 10.1 Å². The van der Waals surface area contributed by atoms with Gasteiger partial charge in [0.2, 0.25) is 0 Å². The normalized spacial score (nSPS) is 9.95. The number of thiophene rings is 1. The van der Waals surface area contributed by atoms with Crippen LogP contribution in [-0.2, 0) is 0 Å². The highest BCUT2D eigenvalue weighted by molar-refractivity contribution is 7.21. The molecule has 5 nitrogen and oxygen atoms in total. The van der Waals surface area contributed by atoms with E-state index in [4.69, 9.17) is 16.3 Å². The Morgan fingerprint density at radius 1 is 1.35 bits per heavy atom. The minimum Gasteiger partial charge on any atom is -0.397 e. The van der Waals surface area contributed by atoms with Crippen molar-refractivity contribution < 1.29 is 4.79 Å². The summed E-state index contributed by atoms with van der Waals surface area (Å²) in [7, 11) is 0. The van der Waals surface area contributed by atoms with Crippen molar-refractivity contribution in [3.05, 3.63) is 28.6 Å². The smallest absolute Gasteiger partial charge is 0.267 e. The van der Waals surface area contributed by atoms with Crippen LogP contribution >= 0.6 is 11.3 Å². The molecule has 0 aliphatic rings. The standard InChI is InChI=1S/C14H12N4OS/c1-9-2-3-11-10(8-9)12(17)13(20-11)14(19)18(6-4-15)7-5-16/h2-3,8H,6-7,17H2,1H3. The molecule has 0 spiro atoms. The second-order valence-electron chi connectivity index (χ2n) is 4.32. The van der Waals surface area contributed by atoms with E-state index < -0.39 is 0 Å². The lowest BCUT2D eigenvalue weighted by Gasteiger charge is -2.14. The zero-order valence-electron chi connectivity index (χ0n) is 10.9. The topological polar surface area (TPSA) is 93.9 Å². The predicted octanol–water partition coefficient (Wildman–Crippen LogP) is 2.28. The van der Waals surface area contributed by atoms with Crippen molar-refractivity contribution in [1.82, 2.24) is 4.90 Å². The number of benzene rings is 1. The third-order valence-corrected chi connectivity index (χ3v) is 4.06. The van der Waals surface area contributed by atoms with Crippen LogP contribution in [0.2, 0.25) is 0 Å². The van der Waals surface area contributed by atoms with Crippen molar-refractivity contribution in [2.24, 2.45) is 0 Å². The first-order chi connectivity index (χ1) is 9.58. The van der Waals surface area contributed by atoms with Gasteiger partial charge in [0.15, 0.2) is 0 Å². The van der Waals surface area contributed by atoms with Gasteiger partial charge in [-0.15, -0.1) is 11.3 Å². The number of fused-ring (bicyclic) bond motifs is 1. The molecule has 2 N–H and O–H groups in total. The maximum Gasteiger partial charge on any atom is 0.267 e. The van der Waals surface area contributed by atoms with Gasteiger partial charge in [-0.05, 0) is 19.1 Å². The molecule has 1 heterocycles. The number of carbonyl (C=O) groups is 1. The fraction of sp³-hybridized carbons (Fsp3) is 0.214. The second-order valence-corrected chi connectivity index (χ2v) is 5.37. The van der Waals surface area contributed by atoms with Crippen LogP contribution in [0.4, 0.5) is 5.69 Å². The highest BCUT2D eigenvalue weighted by Gasteiger charge is 2.21. The maximum absolute atomic E-state index is 12.4. The fourth-order valence-electron chi connectivity index (χ4n) is 1.90. The number of anilines is 1. The Morgan fingerprint density at radius 2 is 2.00 bits per heavy atom. The van der Waals surface area contributed by atoms with E-state index in [1.807, 2.05) is 37.3 Å². The highest BCUT2D eigenvalue weighted by atomic mass is 32.1. The Kier molecular flexibility index (Phi) is 3.88. The number of hydrogen-bond donors (Lipinski definition) is 1. The molecule has 1 aromatic heterocycles. The number of carbonyl (C=O) groups excluding carboxylic acids is 1. The lowest BCUT2D eigenvalue weighted by Crippen LogP contribution is -2.31. The molecular weight excluding hydrogens is 272 g/mol. The molecule has 0 atom stereocenters. The first-order valence-electron chi connectivity index (χ1n) is 5.90. The van der Waals surface area contributed by atoms with Gasteiger partial charge in [-0.25, -0.2) is 0 Å². The molecule has 2 rings (SSSR count). The molecule has 0 saturated carbocycles. The molecule has 1 amide bonds. The summed E-state index contributed by atoms with van der Waals surface area (Å²) >= 11 is 1.29. The number of hydrogen-bond acceptors (Lipinski definition) is 5. The van der Waals surface area contributed by atoms with E-state index >= 15 is 0 Å². The van der Waals surface area contributed by atoms with Crippen molar-refractivity contribution in [1.29, 1.82) is 10.5 Å². The molecule has 6 heteroatoms. The van der Waals surface area contributed by atoms with Gasteiger partial charge in [0, 0.05) is 10.1 Å². The summed E-state index contributed by atoms with van der Waals surface area (Å²) in [5.41, 5.74) is 7.51. The number of rotatable bonds is 3. The van der Waals surface area contributed by atoms with E-state index in [1.54, 1.807) is 0 Å². The summed E-state index contributed by atoms with van der Waals surface area (Å²) in [6.07, 6.45) is 0. The first-order valence-corrected chi connectivity index (χ1v) is 6.72. The molecule has 0 fully saturated rings. The first kappa shape index (κ1) is 13.9. The molecule has 0 radical (unpaired) electrons. The summed E-state index contributed by atoms with van der Waals surface area (Å²) < 4.78 is 0.922. The molecular formula is C14H12N4OS. The van der Waals surface area contributed by atoms with E-state index in [0.717, 1.165) is 15.6 Å². The van der Waals surface area contributed by atoms with Crippen molar-refractivity contribution >= 4 is 33.0 Å². The van der Waals surface area contributed by atoms with Crippen LogP contribution in [-0.4, -0.2) is 23.9 Å². The van der Waals surface area contributed by atoms with Gasteiger partial charge in [-0.1, -0.05) is 11.6 Å². The van der Waals surface area contributed by atoms with Crippen LogP contribution < -0.4 is 5.73 Å². The summed E-state index contributed by atoms with van der Waals surface area (Å²) in [5.74, 6) is -0.371. The molecule has 2 aromatic rings. The van der Waals surface area contributed by atoms with Crippen molar-refractivity contribution in [3.63, 3.8) is 0 Å². The van der Waals surface area contributed by atoms with E-state index in [0.29, 0.717) is 10.6 Å². The Morgan fingerprint density at radius 3 is 2.60 bits per heavy atom. The van der Waals surface area contributed by atoms with Crippen LogP contribution in [0, 0.1) is 29.6 Å². The molecule has 0 aliphatic carbocycles.